The van der Waals surface area contributed by atoms with Gasteiger partial charge < -0.3 is 4.74 Å². The van der Waals surface area contributed by atoms with E-state index in [-0.39, 0.29) is 0 Å². The molecule has 2 heterocycles. The highest BCUT2D eigenvalue weighted by molar-refractivity contribution is 9.10. The molecule has 2 aromatic carbocycles. The Morgan fingerprint density at radius 3 is 2.71 bits per heavy atom. The highest BCUT2D eigenvalue weighted by Crippen LogP contribution is 2.37. The van der Waals surface area contributed by atoms with Gasteiger partial charge in [-0.2, -0.15) is 0 Å². The fourth-order valence-corrected chi connectivity index (χ4v) is 3.19. The molecular formula is C17H14BrN5O. The minimum Gasteiger partial charge on any atom is -0.496 e. The van der Waals surface area contributed by atoms with E-state index in [4.69, 9.17) is 4.74 Å². The summed E-state index contributed by atoms with van der Waals surface area (Å²) in [5.41, 5.74) is 6.17. The molecule has 0 bridgehead atoms. The molecule has 1 N–H and O–H groups in total. The number of halogens is 1. The number of hydrogen-bond acceptors (Lipinski definition) is 5. The van der Waals surface area contributed by atoms with E-state index in [2.05, 4.69) is 36.5 Å². The summed E-state index contributed by atoms with van der Waals surface area (Å²) in [6.07, 6.45) is 3.57. The van der Waals surface area contributed by atoms with E-state index in [1.54, 1.807) is 18.1 Å². The molecular weight excluding hydrogens is 370 g/mol. The number of benzene rings is 2. The number of hydrogen-bond donors (Lipinski definition) is 1. The van der Waals surface area contributed by atoms with Crippen LogP contribution >= 0.6 is 15.9 Å². The first-order valence-electron chi connectivity index (χ1n) is 7.34. The standard InChI is InChI=1S/C17H14BrN5O/c1-24-16-8-7-12(9-14(16)18)15-10-20-22-11-19-21-17(22)23(15)13-5-3-2-4-6-13/h2-11,20H,1H3. The highest BCUT2D eigenvalue weighted by Gasteiger charge is 2.25. The maximum absolute atomic E-state index is 5.32. The summed E-state index contributed by atoms with van der Waals surface area (Å²) in [5, 5.41) is 8.24. The van der Waals surface area contributed by atoms with E-state index in [0.29, 0.717) is 5.95 Å². The number of nitrogens with one attached hydrogen (secondary N) is 1. The fourth-order valence-electron chi connectivity index (χ4n) is 2.65. The van der Waals surface area contributed by atoms with Crippen molar-refractivity contribution in [3.8, 4) is 5.75 Å². The van der Waals surface area contributed by atoms with E-state index in [9.17, 15) is 0 Å². The van der Waals surface area contributed by atoms with Crippen molar-refractivity contribution in [2.45, 2.75) is 0 Å². The topological polar surface area (TPSA) is 55.2 Å². The second kappa shape index (κ2) is 6.01. The molecule has 0 atom stereocenters. The van der Waals surface area contributed by atoms with Gasteiger partial charge in [-0.1, -0.05) is 18.2 Å². The molecule has 0 radical (unpaired) electrons. The minimum absolute atomic E-state index is 0.700. The van der Waals surface area contributed by atoms with Crippen LogP contribution in [-0.4, -0.2) is 22.0 Å². The molecule has 0 unspecified atom stereocenters. The van der Waals surface area contributed by atoms with Gasteiger partial charge in [-0.25, -0.2) is 4.68 Å². The van der Waals surface area contributed by atoms with Crippen LogP contribution in [0.2, 0.25) is 0 Å². The number of para-hydroxylation sites is 1. The van der Waals surface area contributed by atoms with E-state index in [1.165, 1.54) is 0 Å². The van der Waals surface area contributed by atoms with Crippen molar-refractivity contribution in [1.82, 2.24) is 14.9 Å². The molecule has 0 spiro atoms. The van der Waals surface area contributed by atoms with Crippen molar-refractivity contribution in [1.29, 1.82) is 0 Å². The first-order valence-corrected chi connectivity index (χ1v) is 8.13. The second-order valence-electron chi connectivity index (χ2n) is 5.18. The Morgan fingerprint density at radius 2 is 1.96 bits per heavy atom. The van der Waals surface area contributed by atoms with Gasteiger partial charge in [-0.15, -0.1) is 10.2 Å². The van der Waals surface area contributed by atoms with Crippen LogP contribution in [0, 0.1) is 0 Å². The van der Waals surface area contributed by atoms with Crippen molar-refractivity contribution in [3.05, 3.63) is 71.1 Å². The van der Waals surface area contributed by atoms with E-state index >= 15 is 0 Å². The van der Waals surface area contributed by atoms with Crippen molar-refractivity contribution in [2.24, 2.45) is 0 Å². The third-order valence-electron chi connectivity index (χ3n) is 3.77. The Labute approximate surface area is 147 Å². The fraction of sp³-hybridized carbons (Fsp3) is 0.0588. The number of rotatable bonds is 3. The van der Waals surface area contributed by atoms with Crippen molar-refractivity contribution < 1.29 is 4.74 Å². The summed E-state index contributed by atoms with van der Waals surface area (Å²) in [5.74, 6) is 1.49. The molecule has 1 aliphatic heterocycles. The van der Waals surface area contributed by atoms with Crippen LogP contribution in [0.3, 0.4) is 0 Å². The molecule has 120 valence electrons. The van der Waals surface area contributed by atoms with Crippen LogP contribution < -0.4 is 15.1 Å². The van der Waals surface area contributed by atoms with E-state index in [1.807, 2.05) is 54.7 Å². The maximum atomic E-state index is 5.32. The van der Waals surface area contributed by atoms with Gasteiger partial charge in [0.05, 0.1) is 17.3 Å². The summed E-state index contributed by atoms with van der Waals surface area (Å²) in [6, 6.07) is 16.0. The monoisotopic (exact) mass is 383 g/mol. The van der Waals surface area contributed by atoms with Gasteiger partial charge in [0.25, 0.3) is 5.95 Å². The lowest BCUT2D eigenvalue weighted by Crippen LogP contribution is -2.27. The second-order valence-corrected chi connectivity index (χ2v) is 6.03. The summed E-state index contributed by atoms with van der Waals surface area (Å²) >= 11 is 3.55. The molecule has 0 aliphatic carbocycles. The molecule has 1 aliphatic rings. The smallest absolute Gasteiger partial charge is 0.255 e. The van der Waals surface area contributed by atoms with Crippen LogP contribution in [0.4, 0.5) is 11.6 Å². The van der Waals surface area contributed by atoms with E-state index < -0.39 is 0 Å². The van der Waals surface area contributed by atoms with Gasteiger partial charge in [-0.3, -0.25) is 10.3 Å². The van der Waals surface area contributed by atoms with Crippen LogP contribution in [0.1, 0.15) is 5.56 Å². The quantitative estimate of drug-likeness (QED) is 0.746. The number of methoxy groups -OCH3 is 1. The summed E-state index contributed by atoms with van der Waals surface area (Å²) in [4.78, 5) is 2.05. The number of fused-ring (bicyclic) bond motifs is 1. The minimum atomic E-state index is 0.700. The molecule has 1 aromatic heterocycles. The third kappa shape index (κ3) is 2.43. The van der Waals surface area contributed by atoms with Gasteiger partial charge in [0.15, 0.2) is 0 Å². The molecule has 0 amide bonds. The number of nitrogens with zero attached hydrogens (tertiary/aromatic N) is 4. The first-order chi connectivity index (χ1) is 11.8. The predicted molar refractivity (Wildman–Crippen MR) is 96.6 cm³/mol. The first kappa shape index (κ1) is 14.8. The average Bonchev–Trinajstić information content (AvgIpc) is 3.10. The lowest BCUT2D eigenvalue weighted by molar-refractivity contribution is 0.412. The zero-order valence-electron chi connectivity index (χ0n) is 12.8. The van der Waals surface area contributed by atoms with Gasteiger partial charge in [0, 0.05) is 17.5 Å². The molecule has 0 saturated carbocycles. The van der Waals surface area contributed by atoms with Gasteiger partial charge in [0.2, 0.25) is 0 Å². The zero-order chi connectivity index (χ0) is 16.5. The SMILES string of the molecule is COc1ccc(C2=CNn3cnnc3N2c2ccccc2)cc1Br. The van der Waals surface area contributed by atoms with Crippen LogP contribution in [-0.2, 0) is 0 Å². The van der Waals surface area contributed by atoms with Crippen molar-refractivity contribution >= 4 is 33.3 Å². The Bertz CT molecular complexity index is 906. The molecule has 24 heavy (non-hydrogen) atoms. The lowest BCUT2D eigenvalue weighted by Gasteiger charge is -2.30. The Balaban J connectivity index is 1.84. The van der Waals surface area contributed by atoms with Crippen LogP contribution in [0.25, 0.3) is 5.70 Å². The Morgan fingerprint density at radius 1 is 1.12 bits per heavy atom. The number of ether oxygens (including phenoxy) is 1. The summed E-state index contributed by atoms with van der Waals surface area (Å²) in [6.45, 7) is 0. The normalized spacial score (nSPS) is 13.1. The zero-order valence-corrected chi connectivity index (χ0v) is 14.4. The molecule has 4 rings (SSSR count). The van der Waals surface area contributed by atoms with E-state index in [0.717, 1.165) is 27.2 Å². The van der Waals surface area contributed by atoms with Crippen LogP contribution in [0.15, 0.2) is 65.5 Å². The van der Waals surface area contributed by atoms with Crippen LogP contribution in [0.5, 0.6) is 5.75 Å². The van der Waals surface area contributed by atoms with Gasteiger partial charge >= 0.3 is 0 Å². The van der Waals surface area contributed by atoms with Crippen molar-refractivity contribution in [2.75, 3.05) is 17.4 Å². The highest BCUT2D eigenvalue weighted by atomic mass is 79.9. The molecule has 6 nitrogen and oxygen atoms in total. The predicted octanol–water partition coefficient (Wildman–Crippen LogP) is 3.74. The van der Waals surface area contributed by atoms with Gasteiger partial charge in [-0.05, 0) is 46.3 Å². The largest absolute Gasteiger partial charge is 0.496 e. The van der Waals surface area contributed by atoms with Gasteiger partial charge in [0.1, 0.15) is 12.1 Å². The summed E-state index contributed by atoms with van der Waals surface area (Å²) < 4.78 is 7.99. The Kier molecular flexibility index (Phi) is 3.70. The molecule has 0 fully saturated rings. The third-order valence-corrected chi connectivity index (χ3v) is 4.39. The average molecular weight is 384 g/mol. The number of anilines is 2. The molecule has 7 heteroatoms. The maximum Gasteiger partial charge on any atom is 0.255 e. The summed E-state index contributed by atoms with van der Waals surface area (Å²) in [7, 11) is 1.65. The molecule has 3 aromatic rings. The Hall–Kier alpha value is -2.80. The molecule has 0 saturated heterocycles. The number of aromatic nitrogens is 3. The lowest BCUT2D eigenvalue weighted by atomic mass is 10.1. The van der Waals surface area contributed by atoms with Crippen molar-refractivity contribution in [3.63, 3.8) is 0 Å².